The number of furan rings is 2. The zero-order chi connectivity index (χ0) is 26.7. The van der Waals surface area contributed by atoms with Crippen LogP contribution in [-0.4, -0.2) is 16.1 Å². The molecular weight excluding hydrogens is 497 g/mol. The first kappa shape index (κ1) is 25.5. The van der Waals surface area contributed by atoms with Crippen LogP contribution in [0.1, 0.15) is 41.5 Å². The van der Waals surface area contributed by atoms with Crippen LogP contribution in [0.2, 0.25) is 36.3 Å². The predicted octanol–water partition coefficient (Wildman–Crippen LogP) is 10.1. The fourth-order valence-electron chi connectivity index (χ4n) is 7.15. The number of benzene rings is 4. The van der Waals surface area contributed by atoms with Gasteiger partial charge in [-0.25, -0.2) is 0 Å². The highest BCUT2D eigenvalue weighted by molar-refractivity contribution is 6.91. The second-order valence-corrected chi connectivity index (χ2v) is 21.6. The lowest BCUT2D eigenvalue weighted by Gasteiger charge is -2.24. The molecule has 0 aliphatic rings. The van der Waals surface area contributed by atoms with Gasteiger partial charge in [-0.15, -0.1) is 0 Å². The molecule has 0 radical (unpaired) electrons. The van der Waals surface area contributed by atoms with Gasteiger partial charge < -0.3 is 8.83 Å². The summed E-state index contributed by atoms with van der Waals surface area (Å²) >= 11 is 0. The van der Waals surface area contributed by atoms with Gasteiger partial charge in [-0.3, -0.25) is 0 Å². The lowest BCUT2D eigenvalue weighted by atomic mass is 9.95. The first-order valence-electron chi connectivity index (χ1n) is 14.7. The Labute approximate surface area is 228 Å². The average Bonchev–Trinajstić information content (AvgIpc) is 3.61. The fourth-order valence-corrected chi connectivity index (χ4v) is 13.8. The molecule has 0 aliphatic heterocycles. The van der Waals surface area contributed by atoms with Crippen LogP contribution >= 0.6 is 0 Å². The molecule has 0 saturated carbocycles. The second-order valence-electron chi connectivity index (χ2n) is 11.3. The molecule has 0 N–H and O–H groups in total. The smallest absolute Gasteiger partial charge is 0.134 e. The maximum absolute atomic E-state index is 6.56. The molecule has 0 unspecified atom stereocenters. The lowest BCUT2D eigenvalue weighted by Crippen LogP contribution is -2.44. The minimum absolute atomic E-state index is 1.03. The van der Waals surface area contributed by atoms with Crippen molar-refractivity contribution in [2.45, 2.75) is 77.8 Å². The highest BCUT2D eigenvalue weighted by Crippen LogP contribution is 2.38. The van der Waals surface area contributed by atoms with Gasteiger partial charge in [0.05, 0.1) is 10.8 Å². The Bertz CT molecular complexity index is 1650. The van der Waals surface area contributed by atoms with Crippen LogP contribution in [0, 0.1) is 0 Å². The van der Waals surface area contributed by atoms with Gasteiger partial charge in [0, 0.05) is 10.8 Å². The quantitative estimate of drug-likeness (QED) is 0.143. The molecule has 4 aromatic carbocycles. The monoisotopic (exact) mass is 536 g/mol. The highest BCUT2D eigenvalue weighted by Gasteiger charge is 2.34. The average molecular weight is 537 g/mol. The van der Waals surface area contributed by atoms with Crippen LogP contribution in [0.15, 0.2) is 69.5 Å². The lowest BCUT2D eigenvalue weighted by molar-refractivity contribution is 0.645. The number of rotatable bonds is 8. The van der Waals surface area contributed by atoms with Crippen LogP contribution in [0.25, 0.3) is 54.3 Å². The second kappa shape index (κ2) is 9.42. The van der Waals surface area contributed by atoms with Gasteiger partial charge in [0.15, 0.2) is 0 Å². The molecule has 6 rings (SSSR count). The minimum atomic E-state index is -1.57. The maximum atomic E-state index is 6.56. The Morgan fingerprint density at radius 1 is 0.395 bits per heavy atom. The van der Waals surface area contributed by atoms with Crippen molar-refractivity contribution in [2.75, 3.05) is 0 Å². The van der Waals surface area contributed by atoms with Crippen molar-refractivity contribution in [3.8, 4) is 0 Å². The van der Waals surface area contributed by atoms with Crippen molar-refractivity contribution < 1.29 is 8.83 Å². The van der Waals surface area contributed by atoms with Crippen LogP contribution < -0.4 is 10.8 Å². The standard InChI is InChI=1S/C34H40O2Si2/c1-7-37(8-2,9-3)33-21-29-27-15-13-24-23(25(27)17-19-31(29)35-33)14-16-28-26(24)18-20-32-30(28)22-34(36-32)38(10-4,11-5)12-6/h13-22H,7-12H2,1-6H3. The summed E-state index contributed by atoms with van der Waals surface area (Å²) in [7, 11) is -3.15. The van der Waals surface area contributed by atoms with E-state index in [-0.39, 0.29) is 0 Å². The van der Waals surface area contributed by atoms with Gasteiger partial charge in [-0.2, -0.15) is 0 Å². The Kier molecular flexibility index (Phi) is 6.31. The van der Waals surface area contributed by atoms with Gasteiger partial charge in [0.2, 0.25) is 0 Å². The summed E-state index contributed by atoms with van der Waals surface area (Å²) in [6, 6.07) is 30.4. The Morgan fingerprint density at radius 3 is 0.947 bits per heavy atom. The minimum Gasteiger partial charge on any atom is -0.466 e. The SMILES string of the molecule is CC[Si](CC)(CC)c1cc2c(ccc3c2ccc2c4ccc5oc([Si](CC)(CC)CC)cc5c4ccc32)o1. The molecule has 0 bridgehead atoms. The van der Waals surface area contributed by atoms with Gasteiger partial charge in [0.1, 0.15) is 27.3 Å². The molecule has 0 saturated heterocycles. The van der Waals surface area contributed by atoms with E-state index in [0.717, 1.165) is 11.2 Å². The summed E-state index contributed by atoms with van der Waals surface area (Å²) in [5.74, 6) is 0. The molecule has 0 fully saturated rings. The molecule has 0 spiro atoms. The molecule has 2 aromatic heterocycles. The van der Waals surface area contributed by atoms with Crippen molar-refractivity contribution in [3.05, 3.63) is 60.7 Å². The van der Waals surface area contributed by atoms with Crippen molar-refractivity contribution in [3.63, 3.8) is 0 Å². The van der Waals surface area contributed by atoms with E-state index in [2.05, 4.69) is 102 Å². The number of fused-ring (bicyclic) bond motifs is 9. The number of hydrogen-bond donors (Lipinski definition) is 0. The normalized spacial score (nSPS) is 13.1. The predicted molar refractivity (Wildman–Crippen MR) is 172 cm³/mol. The summed E-state index contributed by atoms with van der Waals surface area (Å²) in [5.41, 5.74) is 2.06. The summed E-state index contributed by atoms with van der Waals surface area (Å²) in [6.45, 7) is 14.1. The van der Waals surface area contributed by atoms with E-state index in [4.69, 9.17) is 8.83 Å². The first-order chi connectivity index (χ1) is 18.5. The molecule has 38 heavy (non-hydrogen) atoms. The van der Waals surface area contributed by atoms with Gasteiger partial charge in [0.25, 0.3) is 0 Å². The van der Waals surface area contributed by atoms with Crippen molar-refractivity contribution in [1.29, 1.82) is 0 Å². The third-order valence-electron chi connectivity index (χ3n) is 10.3. The van der Waals surface area contributed by atoms with E-state index in [1.165, 1.54) is 90.1 Å². The zero-order valence-electron chi connectivity index (χ0n) is 23.8. The third-order valence-corrected chi connectivity index (χ3v) is 21.0. The Morgan fingerprint density at radius 2 is 0.658 bits per heavy atom. The molecule has 0 amide bonds. The molecule has 2 nitrogen and oxygen atoms in total. The van der Waals surface area contributed by atoms with Crippen LogP contribution in [0.4, 0.5) is 0 Å². The largest absolute Gasteiger partial charge is 0.466 e. The summed E-state index contributed by atoms with van der Waals surface area (Å²) in [5, 5.41) is 12.9. The van der Waals surface area contributed by atoms with E-state index in [9.17, 15) is 0 Å². The van der Waals surface area contributed by atoms with Crippen molar-refractivity contribution in [2.24, 2.45) is 0 Å². The zero-order valence-corrected chi connectivity index (χ0v) is 25.8. The topological polar surface area (TPSA) is 26.3 Å². The fraction of sp³-hybridized carbons (Fsp3) is 0.353. The van der Waals surface area contributed by atoms with Gasteiger partial charge in [-0.05, 0) is 56.6 Å². The molecule has 4 heteroatoms. The maximum Gasteiger partial charge on any atom is 0.134 e. The summed E-state index contributed by atoms with van der Waals surface area (Å²) in [4.78, 5) is 0. The first-order valence-corrected chi connectivity index (χ1v) is 20.0. The third kappa shape index (κ3) is 3.49. The molecule has 0 atom stereocenters. The van der Waals surface area contributed by atoms with E-state index in [1.807, 2.05) is 0 Å². The molecule has 0 aliphatic carbocycles. The summed E-state index contributed by atoms with van der Waals surface area (Å²) in [6.07, 6.45) is 0. The van der Waals surface area contributed by atoms with E-state index in [0.29, 0.717) is 0 Å². The Balaban J connectivity index is 1.57. The Hall–Kier alpha value is -2.83. The van der Waals surface area contributed by atoms with Gasteiger partial charge in [-0.1, -0.05) is 114 Å². The number of hydrogen-bond acceptors (Lipinski definition) is 2. The van der Waals surface area contributed by atoms with Crippen molar-refractivity contribution >= 4 is 81.2 Å². The van der Waals surface area contributed by atoms with Crippen molar-refractivity contribution in [1.82, 2.24) is 0 Å². The highest BCUT2D eigenvalue weighted by atomic mass is 28.3. The van der Waals surface area contributed by atoms with Gasteiger partial charge >= 0.3 is 0 Å². The molecular formula is C34H40O2Si2. The van der Waals surface area contributed by atoms with Crippen LogP contribution in [0.3, 0.4) is 0 Å². The van der Waals surface area contributed by atoms with E-state index >= 15 is 0 Å². The van der Waals surface area contributed by atoms with E-state index in [1.54, 1.807) is 0 Å². The van der Waals surface area contributed by atoms with Crippen LogP contribution in [-0.2, 0) is 0 Å². The summed E-state index contributed by atoms with van der Waals surface area (Å²) < 4.78 is 13.1. The molecule has 6 aromatic rings. The van der Waals surface area contributed by atoms with E-state index < -0.39 is 16.1 Å². The molecule has 196 valence electrons. The molecule has 2 heterocycles. The van der Waals surface area contributed by atoms with Crippen LogP contribution in [0.5, 0.6) is 0 Å².